The summed E-state index contributed by atoms with van der Waals surface area (Å²) in [6, 6.07) is 1.80. The number of ether oxygens (including phenoxy) is 1. The van der Waals surface area contributed by atoms with E-state index in [0.29, 0.717) is 11.3 Å². The van der Waals surface area contributed by atoms with Gasteiger partial charge in [0.15, 0.2) is 0 Å². The van der Waals surface area contributed by atoms with Gasteiger partial charge in [-0.05, 0) is 19.9 Å². The molecule has 4 nitrogen and oxygen atoms in total. The van der Waals surface area contributed by atoms with Crippen LogP contribution in [0, 0.1) is 13.8 Å². The monoisotopic (exact) mass is 245 g/mol. The van der Waals surface area contributed by atoms with Crippen molar-refractivity contribution >= 4 is 22.1 Å². The predicted octanol–water partition coefficient (Wildman–Crippen LogP) is 2.52. The van der Waals surface area contributed by atoms with Crippen LogP contribution in [-0.2, 0) is 0 Å². The third-order valence-electron chi connectivity index (χ3n) is 1.48. The number of hydrogen-bond donors (Lipinski definition) is 1. The van der Waals surface area contributed by atoms with Gasteiger partial charge in [0, 0.05) is 15.7 Å². The van der Waals surface area contributed by atoms with Gasteiger partial charge in [-0.2, -0.15) is 0 Å². The second kappa shape index (κ2) is 3.74. The Bertz CT molecular complexity index is 351. The minimum Gasteiger partial charge on any atom is -0.449 e. The molecule has 0 saturated heterocycles. The van der Waals surface area contributed by atoms with Gasteiger partial charge in [-0.3, -0.25) is 0 Å². The lowest BCUT2D eigenvalue weighted by Gasteiger charge is -2.05. The average Bonchev–Trinajstić information content (AvgIpc) is 1.98. The number of pyridine rings is 1. The minimum absolute atomic E-state index is 0.124. The van der Waals surface area contributed by atoms with Crippen molar-refractivity contribution in [2.45, 2.75) is 13.8 Å². The van der Waals surface area contributed by atoms with Gasteiger partial charge < -0.3 is 9.84 Å². The summed E-state index contributed by atoms with van der Waals surface area (Å²) in [6.45, 7) is 3.49. The number of aromatic nitrogens is 1. The Morgan fingerprint density at radius 2 is 2.23 bits per heavy atom. The molecule has 0 spiro atoms. The van der Waals surface area contributed by atoms with Gasteiger partial charge in [0.1, 0.15) is 0 Å². The number of hydrogen-bond acceptors (Lipinski definition) is 3. The average molecular weight is 246 g/mol. The topological polar surface area (TPSA) is 59.4 Å². The van der Waals surface area contributed by atoms with Gasteiger partial charge in [0.05, 0.1) is 0 Å². The van der Waals surface area contributed by atoms with Crippen LogP contribution < -0.4 is 4.74 Å². The molecule has 1 rings (SSSR count). The summed E-state index contributed by atoms with van der Waals surface area (Å²) >= 11 is 3.27. The van der Waals surface area contributed by atoms with Crippen molar-refractivity contribution in [1.29, 1.82) is 0 Å². The third kappa shape index (κ3) is 2.42. The molecular weight excluding hydrogens is 238 g/mol. The molecule has 13 heavy (non-hydrogen) atoms. The molecule has 1 aromatic rings. The highest BCUT2D eigenvalue weighted by Gasteiger charge is 2.09. The van der Waals surface area contributed by atoms with Gasteiger partial charge in [0.25, 0.3) is 0 Å². The van der Waals surface area contributed by atoms with Crippen molar-refractivity contribution < 1.29 is 14.6 Å². The smallest absolute Gasteiger partial charge is 0.449 e. The van der Waals surface area contributed by atoms with Crippen LogP contribution in [0.5, 0.6) is 5.88 Å². The fourth-order valence-corrected chi connectivity index (χ4v) is 1.35. The first-order chi connectivity index (χ1) is 6.00. The lowest BCUT2D eigenvalue weighted by molar-refractivity contribution is 0.142. The Morgan fingerprint density at radius 3 is 2.77 bits per heavy atom. The first-order valence-electron chi connectivity index (χ1n) is 3.55. The van der Waals surface area contributed by atoms with Gasteiger partial charge in [-0.15, -0.1) is 0 Å². The Morgan fingerprint density at radius 1 is 1.62 bits per heavy atom. The second-order valence-electron chi connectivity index (χ2n) is 2.54. The fraction of sp³-hybridized carbons (Fsp3) is 0.250. The normalized spacial score (nSPS) is 9.77. The zero-order chi connectivity index (χ0) is 10.0. The zero-order valence-corrected chi connectivity index (χ0v) is 8.75. The van der Waals surface area contributed by atoms with Crippen LogP contribution in [0.3, 0.4) is 0 Å². The van der Waals surface area contributed by atoms with E-state index in [1.54, 1.807) is 19.9 Å². The summed E-state index contributed by atoms with van der Waals surface area (Å²) in [4.78, 5) is 14.2. The number of aryl methyl sites for hydroxylation is 1. The standard InChI is InChI=1S/C8H8BrNO3/c1-4-3-6(9)5(2)7(10-4)13-8(11)12/h3H,1-2H3,(H,11,12). The van der Waals surface area contributed by atoms with Crippen LogP contribution in [-0.4, -0.2) is 16.2 Å². The fourth-order valence-electron chi connectivity index (χ4n) is 0.852. The molecule has 1 N–H and O–H groups in total. The maximum absolute atomic E-state index is 10.3. The number of carbonyl (C=O) groups is 1. The van der Waals surface area contributed by atoms with Gasteiger partial charge >= 0.3 is 6.16 Å². The molecule has 0 aliphatic rings. The second-order valence-corrected chi connectivity index (χ2v) is 3.40. The van der Waals surface area contributed by atoms with Crippen molar-refractivity contribution in [2.75, 3.05) is 0 Å². The molecule has 5 heteroatoms. The number of nitrogens with zero attached hydrogens (tertiary/aromatic N) is 1. The molecule has 0 radical (unpaired) electrons. The highest BCUT2D eigenvalue weighted by atomic mass is 79.9. The minimum atomic E-state index is -1.35. The first kappa shape index (κ1) is 9.98. The van der Waals surface area contributed by atoms with Crippen LogP contribution >= 0.6 is 15.9 Å². The quantitative estimate of drug-likeness (QED) is 0.773. The highest BCUT2D eigenvalue weighted by Crippen LogP contribution is 2.24. The molecule has 1 aromatic heterocycles. The van der Waals surface area contributed by atoms with E-state index in [4.69, 9.17) is 5.11 Å². The largest absolute Gasteiger partial charge is 0.512 e. The van der Waals surface area contributed by atoms with Crippen molar-refractivity contribution in [3.8, 4) is 5.88 Å². The number of halogens is 1. The van der Waals surface area contributed by atoms with Gasteiger partial charge in [0.2, 0.25) is 5.88 Å². The van der Waals surface area contributed by atoms with Gasteiger partial charge in [-0.25, -0.2) is 9.78 Å². The van der Waals surface area contributed by atoms with E-state index in [-0.39, 0.29) is 5.88 Å². The molecule has 0 aliphatic heterocycles. The highest BCUT2D eigenvalue weighted by molar-refractivity contribution is 9.10. The van der Waals surface area contributed by atoms with Crippen LogP contribution in [0.25, 0.3) is 0 Å². The van der Waals surface area contributed by atoms with Crippen LogP contribution in [0.4, 0.5) is 4.79 Å². The summed E-state index contributed by atoms with van der Waals surface area (Å²) in [5, 5.41) is 8.40. The van der Waals surface area contributed by atoms with E-state index < -0.39 is 6.16 Å². The van der Waals surface area contributed by atoms with Gasteiger partial charge in [-0.1, -0.05) is 15.9 Å². The third-order valence-corrected chi connectivity index (χ3v) is 2.30. The maximum Gasteiger partial charge on any atom is 0.512 e. The summed E-state index contributed by atoms with van der Waals surface area (Å²) in [5.74, 6) is 0.124. The van der Waals surface area contributed by atoms with Crippen molar-refractivity contribution in [3.05, 3.63) is 21.8 Å². The van der Waals surface area contributed by atoms with Crippen molar-refractivity contribution in [1.82, 2.24) is 4.98 Å². The van der Waals surface area contributed by atoms with Crippen LogP contribution in [0.2, 0.25) is 0 Å². The molecule has 0 saturated carbocycles. The molecular formula is C8H8BrNO3. The molecule has 0 unspecified atom stereocenters. The molecule has 0 aromatic carbocycles. The molecule has 0 atom stereocenters. The Balaban J connectivity index is 3.12. The molecule has 1 heterocycles. The lowest BCUT2D eigenvalue weighted by Crippen LogP contribution is -2.06. The molecule has 0 fully saturated rings. The summed E-state index contributed by atoms with van der Waals surface area (Å²) in [6.07, 6.45) is -1.35. The lowest BCUT2D eigenvalue weighted by atomic mass is 10.3. The van der Waals surface area contributed by atoms with E-state index in [0.717, 1.165) is 4.47 Å². The Hall–Kier alpha value is -1.10. The molecule has 0 bridgehead atoms. The van der Waals surface area contributed by atoms with Crippen molar-refractivity contribution in [3.63, 3.8) is 0 Å². The van der Waals surface area contributed by atoms with Crippen molar-refractivity contribution in [2.24, 2.45) is 0 Å². The number of rotatable bonds is 1. The van der Waals surface area contributed by atoms with E-state index in [2.05, 4.69) is 25.7 Å². The first-order valence-corrected chi connectivity index (χ1v) is 4.34. The van der Waals surface area contributed by atoms with E-state index in [1.807, 2.05) is 0 Å². The summed E-state index contributed by atoms with van der Waals surface area (Å²) in [5.41, 5.74) is 1.38. The molecule has 0 aliphatic carbocycles. The number of carboxylic acid groups (broad SMARTS) is 1. The van der Waals surface area contributed by atoms with E-state index in [9.17, 15) is 4.79 Å². The van der Waals surface area contributed by atoms with E-state index in [1.165, 1.54) is 0 Å². The SMILES string of the molecule is Cc1cc(Br)c(C)c(OC(=O)O)n1. The van der Waals surface area contributed by atoms with Crippen LogP contribution in [0.15, 0.2) is 10.5 Å². The molecule has 0 amide bonds. The molecule has 70 valence electrons. The maximum atomic E-state index is 10.3. The predicted molar refractivity (Wildman–Crippen MR) is 50.1 cm³/mol. The summed E-state index contributed by atoms with van der Waals surface area (Å²) in [7, 11) is 0. The summed E-state index contributed by atoms with van der Waals surface area (Å²) < 4.78 is 5.27. The Labute approximate surface area is 83.7 Å². The zero-order valence-electron chi connectivity index (χ0n) is 7.17. The van der Waals surface area contributed by atoms with E-state index >= 15 is 0 Å². The van der Waals surface area contributed by atoms with Crippen LogP contribution in [0.1, 0.15) is 11.3 Å². The Kier molecular flexibility index (Phi) is 2.87.